The molecule has 0 saturated carbocycles. The van der Waals surface area contributed by atoms with Gasteiger partial charge in [-0.25, -0.2) is 4.39 Å². The maximum Gasteiger partial charge on any atom is 0.260 e. The molecule has 0 unspecified atom stereocenters. The Bertz CT molecular complexity index is 454. The third-order valence-electron chi connectivity index (χ3n) is 2.32. The van der Waals surface area contributed by atoms with Crippen molar-refractivity contribution in [2.75, 3.05) is 26.3 Å². The number of ether oxygens (including phenoxy) is 1. The van der Waals surface area contributed by atoms with Gasteiger partial charge in [-0.3, -0.25) is 4.79 Å². The molecule has 0 aliphatic rings. The van der Waals surface area contributed by atoms with E-state index >= 15 is 0 Å². The van der Waals surface area contributed by atoms with Gasteiger partial charge in [-0.1, -0.05) is 6.08 Å². The topological polar surface area (TPSA) is 49.8 Å². The van der Waals surface area contributed by atoms with Crippen LogP contribution in [0.1, 0.15) is 0 Å². The van der Waals surface area contributed by atoms with E-state index in [-0.39, 0.29) is 31.5 Å². The van der Waals surface area contributed by atoms with Crippen LogP contribution in [0.4, 0.5) is 4.39 Å². The molecule has 6 heteroatoms. The highest BCUT2D eigenvalue weighted by Gasteiger charge is 2.13. The van der Waals surface area contributed by atoms with E-state index in [1.165, 1.54) is 23.1 Å². The third kappa shape index (κ3) is 5.00. The number of halogens is 2. The van der Waals surface area contributed by atoms with E-state index in [2.05, 4.69) is 22.5 Å². The Labute approximate surface area is 119 Å². The van der Waals surface area contributed by atoms with Gasteiger partial charge in [0.2, 0.25) is 0 Å². The van der Waals surface area contributed by atoms with Gasteiger partial charge in [0.1, 0.15) is 11.6 Å². The quantitative estimate of drug-likeness (QED) is 0.777. The highest BCUT2D eigenvalue weighted by Crippen LogP contribution is 2.25. The smallest absolute Gasteiger partial charge is 0.260 e. The summed E-state index contributed by atoms with van der Waals surface area (Å²) in [5.41, 5.74) is 0. The standard InChI is InChI=1S/C13H15BrFNO3/c1-2-5-16(6-7-17)13(18)9-19-12-4-3-10(15)8-11(12)14/h2-4,8,17H,1,5-7,9H2. The molecule has 0 radical (unpaired) electrons. The molecule has 1 amide bonds. The summed E-state index contributed by atoms with van der Waals surface area (Å²) in [6.45, 7) is 3.80. The molecule has 0 aliphatic carbocycles. The zero-order valence-electron chi connectivity index (χ0n) is 10.3. The number of carbonyl (C=O) groups excluding carboxylic acids is 1. The second-order valence-corrected chi connectivity index (χ2v) is 4.57. The molecule has 0 aliphatic heterocycles. The van der Waals surface area contributed by atoms with Crippen LogP contribution in [-0.2, 0) is 4.79 Å². The summed E-state index contributed by atoms with van der Waals surface area (Å²) < 4.78 is 18.6. The van der Waals surface area contributed by atoms with Crippen molar-refractivity contribution in [2.24, 2.45) is 0 Å². The minimum Gasteiger partial charge on any atom is -0.483 e. The Balaban J connectivity index is 2.59. The minimum absolute atomic E-state index is 0.125. The van der Waals surface area contributed by atoms with Gasteiger partial charge in [-0.05, 0) is 34.1 Å². The molecular weight excluding hydrogens is 317 g/mol. The molecule has 0 heterocycles. The van der Waals surface area contributed by atoms with Crippen molar-refractivity contribution in [1.29, 1.82) is 0 Å². The van der Waals surface area contributed by atoms with E-state index in [9.17, 15) is 9.18 Å². The van der Waals surface area contributed by atoms with Crippen molar-refractivity contribution < 1.29 is 19.0 Å². The molecule has 0 bridgehead atoms. The lowest BCUT2D eigenvalue weighted by Gasteiger charge is -2.20. The maximum absolute atomic E-state index is 12.9. The summed E-state index contributed by atoms with van der Waals surface area (Å²) in [7, 11) is 0. The lowest BCUT2D eigenvalue weighted by atomic mass is 10.3. The SMILES string of the molecule is C=CCN(CCO)C(=O)COc1ccc(F)cc1Br. The number of aliphatic hydroxyl groups is 1. The molecule has 104 valence electrons. The fourth-order valence-corrected chi connectivity index (χ4v) is 1.88. The molecule has 0 aromatic heterocycles. The Morgan fingerprint density at radius 3 is 2.89 bits per heavy atom. The van der Waals surface area contributed by atoms with Crippen molar-refractivity contribution >= 4 is 21.8 Å². The molecule has 1 aromatic carbocycles. The lowest BCUT2D eigenvalue weighted by molar-refractivity contribution is -0.133. The molecule has 0 atom stereocenters. The van der Waals surface area contributed by atoms with Crippen LogP contribution in [0.3, 0.4) is 0 Å². The number of carbonyl (C=O) groups is 1. The predicted octanol–water partition coefficient (Wildman–Crippen LogP) is 1.97. The van der Waals surface area contributed by atoms with Crippen molar-refractivity contribution in [1.82, 2.24) is 4.90 Å². The Kier molecular flexibility index (Phi) is 6.52. The third-order valence-corrected chi connectivity index (χ3v) is 2.94. The number of hydrogen-bond donors (Lipinski definition) is 1. The zero-order valence-corrected chi connectivity index (χ0v) is 11.9. The highest BCUT2D eigenvalue weighted by molar-refractivity contribution is 9.10. The molecule has 0 spiro atoms. The van der Waals surface area contributed by atoms with Gasteiger partial charge < -0.3 is 14.7 Å². The van der Waals surface area contributed by atoms with E-state index < -0.39 is 0 Å². The van der Waals surface area contributed by atoms with E-state index in [1.807, 2.05) is 0 Å². The zero-order chi connectivity index (χ0) is 14.3. The van der Waals surface area contributed by atoms with Crippen molar-refractivity contribution in [3.05, 3.63) is 41.1 Å². The maximum atomic E-state index is 12.9. The fraction of sp³-hybridized carbons (Fsp3) is 0.308. The summed E-state index contributed by atoms with van der Waals surface area (Å²) in [6.07, 6.45) is 1.57. The first-order chi connectivity index (χ1) is 9.08. The normalized spacial score (nSPS) is 10.1. The van der Waals surface area contributed by atoms with Crippen LogP contribution in [0.2, 0.25) is 0 Å². The molecule has 1 N–H and O–H groups in total. The number of aliphatic hydroxyl groups excluding tert-OH is 1. The van der Waals surface area contributed by atoms with Crippen molar-refractivity contribution in [3.63, 3.8) is 0 Å². The monoisotopic (exact) mass is 331 g/mol. The Morgan fingerprint density at radius 2 is 2.32 bits per heavy atom. The predicted molar refractivity (Wildman–Crippen MR) is 73.5 cm³/mol. The van der Waals surface area contributed by atoms with Crippen molar-refractivity contribution in [3.8, 4) is 5.75 Å². The molecule has 1 aromatic rings. The molecule has 1 rings (SSSR count). The minimum atomic E-state index is -0.390. The van der Waals surface area contributed by atoms with Crippen LogP contribution in [0, 0.1) is 5.82 Å². The first-order valence-electron chi connectivity index (χ1n) is 5.66. The van der Waals surface area contributed by atoms with Gasteiger partial charge in [0.15, 0.2) is 6.61 Å². The van der Waals surface area contributed by atoms with Crippen molar-refractivity contribution in [2.45, 2.75) is 0 Å². The van der Waals surface area contributed by atoms with Gasteiger partial charge in [-0.2, -0.15) is 0 Å². The number of amides is 1. The van der Waals surface area contributed by atoms with Crippen LogP contribution in [0.5, 0.6) is 5.75 Å². The van der Waals surface area contributed by atoms with Gasteiger partial charge in [-0.15, -0.1) is 6.58 Å². The molecular formula is C13H15BrFNO3. The Hall–Kier alpha value is -1.40. The Morgan fingerprint density at radius 1 is 1.58 bits per heavy atom. The average Bonchev–Trinajstić information content (AvgIpc) is 2.37. The number of hydrogen-bond acceptors (Lipinski definition) is 3. The number of rotatable bonds is 7. The lowest BCUT2D eigenvalue weighted by Crippen LogP contribution is -2.37. The van der Waals surface area contributed by atoms with E-state index in [0.29, 0.717) is 16.8 Å². The largest absolute Gasteiger partial charge is 0.483 e. The molecule has 4 nitrogen and oxygen atoms in total. The van der Waals surface area contributed by atoms with Crippen LogP contribution >= 0.6 is 15.9 Å². The van der Waals surface area contributed by atoms with Crippen LogP contribution in [-0.4, -0.2) is 42.2 Å². The van der Waals surface area contributed by atoms with Gasteiger partial charge in [0.05, 0.1) is 11.1 Å². The average molecular weight is 332 g/mol. The second-order valence-electron chi connectivity index (χ2n) is 3.72. The molecule has 0 fully saturated rings. The number of nitrogens with zero attached hydrogens (tertiary/aromatic N) is 1. The highest BCUT2D eigenvalue weighted by atomic mass is 79.9. The van der Waals surface area contributed by atoms with Crippen LogP contribution in [0.15, 0.2) is 35.3 Å². The van der Waals surface area contributed by atoms with Crippen LogP contribution in [0.25, 0.3) is 0 Å². The fourth-order valence-electron chi connectivity index (χ4n) is 1.42. The van der Waals surface area contributed by atoms with E-state index in [0.717, 1.165) is 0 Å². The summed E-state index contributed by atoms with van der Waals surface area (Å²) in [5, 5.41) is 8.85. The summed E-state index contributed by atoms with van der Waals surface area (Å²) in [5.74, 6) is -0.276. The molecule has 0 saturated heterocycles. The van der Waals surface area contributed by atoms with E-state index in [1.54, 1.807) is 6.08 Å². The van der Waals surface area contributed by atoms with E-state index in [4.69, 9.17) is 9.84 Å². The summed E-state index contributed by atoms with van der Waals surface area (Å²) >= 11 is 3.15. The first kappa shape index (κ1) is 15.7. The van der Waals surface area contributed by atoms with Gasteiger partial charge >= 0.3 is 0 Å². The number of benzene rings is 1. The van der Waals surface area contributed by atoms with Crippen LogP contribution < -0.4 is 4.74 Å². The van der Waals surface area contributed by atoms with Gasteiger partial charge in [0, 0.05) is 13.1 Å². The van der Waals surface area contributed by atoms with Gasteiger partial charge in [0.25, 0.3) is 5.91 Å². The molecule has 19 heavy (non-hydrogen) atoms. The summed E-state index contributed by atoms with van der Waals surface area (Å²) in [6, 6.07) is 3.95. The summed E-state index contributed by atoms with van der Waals surface area (Å²) in [4.78, 5) is 13.2. The first-order valence-corrected chi connectivity index (χ1v) is 6.45. The second kappa shape index (κ2) is 7.91.